The highest BCUT2D eigenvalue weighted by atomic mass is 16.7. The minimum absolute atomic E-state index is 0.00331. The maximum atomic E-state index is 14.1. The number of nitrogens with one attached hydrogen (secondary N) is 2. The van der Waals surface area contributed by atoms with Gasteiger partial charge < -0.3 is 48.9 Å². The highest BCUT2D eigenvalue weighted by Crippen LogP contribution is 2.49. The Morgan fingerprint density at radius 1 is 0.723 bits per heavy atom. The molecule has 0 saturated heterocycles. The maximum absolute atomic E-state index is 14.1. The van der Waals surface area contributed by atoms with E-state index in [0.29, 0.717) is 89.4 Å². The summed E-state index contributed by atoms with van der Waals surface area (Å²) in [4.78, 5) is 81.2. The van der Waals surface area contributed by atoms with Gasteiger partial charge in [-0.1, -0.05) is 87.5 Å². The summed E-state index contributed by atoms with van der Waals surface area (Å²) >= 11 is 0. The van der Waals surface area contributed by atoms with E-state index in [2.05, 4.69) is 41.0 Å². The molecule has 0 bridgehead atoms. The van der Waals surface area contributed by atoms with Crippen molar-refractivity contribution >= 4 is 70.2 Å². The molecule has 3 unspecified atom stereocenters. The van der Waals surface area contributed by atoms with Crippen molar-refractivity contribution in [3.05, 3.63) is 167 Å². The van der Waals surface area contributed by atoms with Crippen LogP contribution in [0.1, 0.15) is 107 Å². The van der Waals surface area contributed by atoms with Crippen molar-refractivity contribution in [2.24, 2.45) is 27.7 Å². The lowest BCUT2D eigenvalue weighted by atomic mass is 9.84. The van der Waals surface area contributed by atoms with Crippen molar-refractivity contribution in [3.63, 3.8) is 0 Å². The van der Waals surface area contributed by atoms with Crippen LogP contribution in [0.5, 0.6) is 28.7 Å². The van der Waals surface area contributed by atoms with Crippen molar-refractivity contribution < 1.29 is 52.4 Å². The lowest BCUT2D eigenvalue weighted by Crippen LogP contribution is -2.45. The van der Waals surface area contributed by atoms with E-state index in [1.54, 1.807) is 59.5 Å². The molecule has 424 valence electrons. The highest BCUT2D eigenvalue weighted by Gasteiger charge is 2.40. The Kier molecular flexibility index (Phi) is 15.0. The monoisotopic (exact) mass is 1120 g/mol. The molecule has 5 aliphatic heterocycles. The number of nitrogens with zero attached hydrogens (tertiary/aromatic N) is 4. The Hall–Kier alpha value is -9.25. The number of hydrogen-bond acceptors (Lipinski definition) is 13. The van der Waals surface area contributed by atoms with Gasteiger partial charge in [-0.15, -0.1) is 0 Å². The first-order valence-corrected chi connectivity index (χ1v) is 28.3. The van der Waals surface area contributed by atoms with Gasteiger partial charge in [0.05, 0.1) is 61.0 Å². The van der Waals surface area contributed by atoms with E-state index < -0.39 is 18.1 Å². The lowest BCUT2D eigenvalue weighted by Gasteiger charge is -2.25. The number of amides is 4. The van der Waals surface area contributed by atoms with Gasteiger partial charge in [0.1, 0.15) is 12.4 Å². The molecule has 0 radical (unpaired) electrons. The highest BCUT2D eigenvalue weighted by molar-refractivity contribution is 6.06. The molecule has 5 aromatic carbocycles. The largest absolute Gasteiger partial charge is 0.493 e. The quantitative estimate of drug-likeness (QED) is 0.0792. The second-order valence-electron chi connectivity index (χ2n) is 22.3. The second-order valence-corrected chi connectivity index (χ2v) is 22.3. The van der Waals surface area contributed by atoms with Crippen molar-refractivity contribution in [3.8, 4) is 28.7 Å². The van der Waals surface area contributed by atoms with Gasteiger partial charge >= 0.3 is 6.09 Å². The fourth-order valence-corrected chi connectivity index (χ4v) is 12.1. The molecule has 2 N–H and O–H groups in total. The number of carbonyl (C=O) groups is 5. The van der Waals surface area contributed by atoms with Crippen molar-refractivity contribution in [1.29, 1.82) is 0 Å². The minimum atomic E-state index is -0.828. The third-order valence-electron chi connectivity index (χ3n) is 16.5. The zero-order valence-corrected chi connectivity index (χ0v) is 46.8. The molecule has 4 amide bonds. The van der Waals surface area contributed by atoms with Gasteiger partial charge in [-0.3, -0.25) is 29.2 Å². The van der Waals surface area contributed by atoms with Gasteiger partial charge in [0.15, 0.2) is 28.8 Å². The van der Waals surface area contributed by atoms with Crippen LogP contribution in [0.25, 0.3) is 11.1 Å². The Balaban J connectivity index is 0.607. The number of fused-ring (bicyclic) bond motifs is 8. The normalized spacial score (nSPS) is 20.9. The van der Waals surface area contributed by atoms with Crippen molar-refractivity contribution in [2.75, 3.05) is 39.0 Å². The van der Waals surface area contributed by atoms with Gasteiger partial charge in [-0.25, -0.2) is 4.79 Å². The van der Waals surface area contributed by atoms with E-state index in [9.17, 15) is 24.0 Å². The molecular weight excluding hydrogens is 1050 g/mol. The van der Waals surface area contributed by atoms with Crippen LogP contribution in [-0.2, 0) is 14.3 Å². The summed E-state index contributed by atoms with van der Waals surface area (Å²) in [5, 5.41) is 5.73. The second kappa shape index (κ2) is 22.9. The van der Waals surface area contributed by atoms with Crippen molar-refractivity contribution in [1.82, 2.24) is 15.1 Å². The molecule has 5 aromatic rings. The summed E-state index contributed by atoms with van der Waals surface area (Å²) in [5.41, 5.74) is 9.43. The number of aliphatic imine (C=N–C) groups is 2. The summed E-state index contributed by atoms with van der Waals surface area (Å²) in [6.45, 7) is 8.29. The first-order valence-electron chi connectivity index (χ1n) is 28.3. The average molecular weight is 1120 g/mol. The average Bonchev–Trinajstić information content (AvgIpc) is 4.20. The molecule has 0 fully saturated rings. The fourth-order valence-electron chi connectivity index (χ4n) is 12.1. The van der Waals surface area contributed by atoms with Gasteiger partial charge in [0.2, 0.25) is 12.7 Å². The number of carbonyl (C=O) groups excluding carboxylic acids is 5. The van der Waals surface area contributed by atoms with Crippen LogP contribution in [0.2, 0.25) is 0 Å². The summed E-state index contributed by atoms with van der Waals surface area (Å²) in [6.07, 6.45) is 16.7. The molecule has 17 heteroatoms. The number of benzene rings is 5. The Labute approximate surface area is 481 Å². The first kappa shape index (κ1) is 54.3. The molecule has 5 heterocycles. The van der Waals surface area contributed by atoms with Crippen LogP contribution in [0.3, 0.4) is 0 Å². The number of allylic oxidation sites excluding steroid dienone is 4. The summed E-state index contributed by atoms with van der Waals surface area (Å²) in [5.74, 6) is 1.46. The van der Waals surface area contributed by atoms with Crippen LogP contribution in [0.15, 0.2) is 138 Å². The number of anilines is 1. The summed E-state index contributed by atoms with van der Waals surface area (Å²) < 4.78 is 34.9. The number of ether oxygens (including phenoxy) is 6. The molecule has 7 atom stereocenters. The molecule has 7 aliphatic rings. The molecule has 0 aromatic heterocycles. The fraction of sp³-hybridized carbons (Fsp3) is 0.318. The maximum Gasteiger partial charge on any atom is 0.407 e. The van der Waals surface area contributed by atoms with Gasteiger partial charge in [-0.2, -0.15) is 0 Å². The van der Waals surface area contributed by atoms with Crippen LogP contribution in [0.4, 0.5) is 21.9 Å². The number of ketones is 1. The third-order valence-corrected chi connectivity index (χ3v) is 16.5. The predicted molar refractivity (Wildman–Crippen MR) is 314 cm³/mol. The first-order chi connectivity index (χ1) is 40.3. The van der Waals surface area contributed by atoms with E-state index >= 15 is 0 Å². The molecule has 83 heavy (non-hydrogen) atoms. The number of methoxy groups -OCH3 is 1. The van der Waals surface area contributed by atoms with Crippen LogP contribution >= 0.6 is 0 Å². The Bertz CT molecular complexity index is 3640. The topological polar surface area (TPSA) is 196 Å². The Morgan fingerprint density at radius 2 is 1.36 bits per heavy atom. The number of hydrogen-bond donors (Lipinski definition) is 2. The standard InChI is InChI=1S/C66H64N6O11/c1-37(2)62(70-66(77)81-35-53-49-13-8-6-11-47(49)48-12-7-9-14-50(48)53)56(73)24-39(4)63(74)69-44-18-15-40(16-19-44)42-25-45-31-67-54-29-58(38(3)23-51(54)64(75)71(45)33-42)79-21-10-22-80-61-30-55-52(28-59(61)78-5)65(76)72-34-43(26-46(72)32-68-55)41-17-20-57-60(27-41)83-36-82-57/h6-9,11-20,23,27-34,37,39,45-47,49,53,62H,10,21-22,24-26,35-36H2,1-5H3,(H,69,74)(H,70,77)/t39-,45+,46+,47?,49?,53?,62+/m1/s1. The molecule has 12 rings (SSSR count). The van der Waals surface area contributed by atoms with E-state index in [4.69, 9.17) is 38.4 Å². The lowest BCUT2D eigenvalue weighted by molar-refractivity contribution is -0.127. The van der Waals surface area contributed by atoms with Crippen LogP contribution in [0, 0.1) is 24.7 Å². The minimum Gasteiger partial charge on any atom is -0.493 e. The zero-order chi connectivity index (χ0) is 57.5. The van der Waals surface area contributed by atoms with Crippen LogP contribution < -0.4 is 34.3 Å². The number of alkyl carbamates (subject to hydrolysis) is 1. The van der Waals surface area contributed by atoms with E-state index in [0.717, 1.165) is 27.8 Å². The molecule has 0 saturated carbocycles. The van der Waals surface area contributed by atoms with E-state index in [1.165, 1.54) is 18.2 Å². The molecule has 17 nitrogen and oxygen atoms in total. The summed E-state index contributed by atoms with van der Waals surface area (Å²) in [6, 6.07) is 27.1. The molecule has 2 aliphatic carbocycles. The Morgan fingerprint density at radius 3 is 2.07 bits per heavy atom. The SMILES string of the molecule is COc1cc2c(cc1OCCCOc1cc3c(cc1C)C(=O)N1C=C(c4ccc(NC(=O)[C@H](C)CC(=O)[C@@H](NC(=O)OCC5c6ccccc6C6C=CC=CC65)C(C)C)cc4)C[C@H]1C=N3)N=C[C@@H]1CC(c3ccc4c(c3)OCO4)=CN1C2=O. The van der Waals surface area contributed by atoms with Gasteiger partial charge in [0.25, 0.3) is 11.8 Å². The predicted octanol–water partition coefficient (Wildman–Crippen LogP) is 11.4. The van der Waals surface area contributed by atoms with Gasteiger partial charge in [0, 0.05) is 86.1 Å². The van der Waals surface area contributed by atoms with Crippen LogP contribution in [-0.4, -0.2) is 104 Å². The zero-order valence-electron chi connectivity index (χ0n) is 46.8. The molecule has 0 spiro atoms. The number of aryl methyl sites for hydroxylation is 1. The molecular formula is C66H64N6O11. The van der Waals surface area contributed by atoms with Crippen molar-refractivity contribution in [2.45, 2.75) is 83.3 Å². The third kappa shape index (κ3) is 10.9. The summed E-state index contributed by atoms with van der Waals surface area (Å²) in [7, 11) is 1.54. The van der Waals surface area contributed by atoms with Gasteiger partial charge in [-0.05, 0) is 94.1 Å². The number of rotatable bonds is 18. The van der Waals surface area contributed by atoms with E-state index in [1.807, 2.05) is 87.8 Å². The smallest absolute Gasteiger partial charge is 0.407 e. The van der Waals surface area contributed by atoms with E-state index in [-0.39, 0.29) is 79.1 Å². The number of Topliss-reactive ketones (excluding diaryl/α,β-unsaturated/α-hetero) is 1.